The third-order valence-electron chi connectivity index (χ3n) is 6.08. The lowest BCUT2D eigenvalue weighted by Gasteiger charge is -2.08. The van der Waals surface area contributed by atoms with Gasteiger partial charge in [0.05, 0.1) is 11.3 Å². The van der Waals surface area contributed by atoms with Crippen molar-refractivity contribution >= 4 is 46.8 Å². The average Bonchev–Trinajstić information content (AvgIpc) is 3.26. The summed E-state index contributed by atoms with van der Waals surface area (Å²) in [6, 6.07) is 11.2. The number of rotatable bonds is 6. The van der Waals surface area contributed by atoms with Crippen LogP contribution >= 0.6 is 0 Å². The molecule has 0 spiro atoms. The van der Waals surface area contributed by atoms with E-state index in [2.05, 4.69) is 20.9 Å². The molecular weight excluding hydrogens is 460 g/mol. The van der Waals surface area contributed by atoms with Gasteiger partial charge in [-0.2, -0.15) is 0 Å². The number of carboxylic acid groups (broad SMARTS) is 1. The number of aromatic nitrogens is 1. The third kappa shape index (κ3) is 5.20. The summed E-state index contributed by atoms with van der Waals surface area (Å²) in [5.41, 5.74) is 6.76. The van der Waals surface area contributed by atoms with Crippen molar-refractivity contribution in [2.24, 2.45) is 0 Å². The largest absolute Gasteiger partial charge is 0.481 e. The molecular formula is C27H26N4O5. The summed E-state index contributed by atoms with van der Waals surface area (Å²) in [6.45, 7) is 5.63. The Morgan fingerprint density at radius 3 is 2.56 bits per heavy atom. The standard InChI is InChI=1S/C27H26N4O5/c1-14-5-4-6-17(11-14)25(34)31-27(36)29-18-7-8-20-21(26(35)30-23(20)12-18)13-22-15(2)19(16(3)28-22)9-10-24(32)33/h4-8,11-13,28H,9-10H2,1-3H3,(H,30,35)(H,32,33)(H2,29,31,34,36)/b21-13-. The van der Waals surface area contributed by atoms with Crippen molar-refractivity contribution < 1.29 is 24.3 Å². The molecule has 1 aromatic heterocycles. The average molecular weight is 487 g/mol. The van der Waals surface area contributed by atoms with Gasteiger partial charge in [0, 0.05) is 34.6 Å². The van der Waals surface area contributed by atoms with Crippen molar-refractivity contribution in [1.82, 2.24) is 10.3 Å². The van der Waals surface area contributed by atoms with Crippen molar-refractivity contribution in [3.63, 3.8) is 0 Å². The summed E-state index contributed by atoms with van der Waals surface area (Å²) in [7, 11) is 0. The molecule has 3 aromatic rings. The number of aromatic amines is 1. The Labute approximate surface area is 207 Å². The summed E-state index contributed by atoms with van der Waals surface area (Å²) >= 11 is 0. The summed E-state index contributed by atoms with van der Waals surface area (Å²) in [4.78, 5) is 51.5. The van der Waals surface area contributed by atoms with Crippen molar-refractivity contribution in [1.29, 1.82) is 0 Å². The Hall–Kier alpha value is -4.66. The highest BCUT2D eigenvalue weighted by atomic mass is 16.4. The first-order valence-corrected chi connectivity index (χ1v) is 11.4. The number of anilines is 2. The van der Waals surface area contributed by atoms with Crippen LogP contribution in [-0.4, -0.2) is 33.9 Å². The van der Waals surface area contributed by atoms with E-state index < -0.39 is 17.9 Å². The topological polar surface area (TPSA) is 140 Å². The first-order valence-electron chi connectivity index (χ1n) is 11.4. The lowest BCUT2D eigenvalue weighted by atomic mass is 10.0. The smallest absolute Gasteiger partial charge is 0.326 e. The molecule has 1 aliphatic heterocycles. The summed E-state index contributed by atoms with van der Waals surface area (Å²) < 4.78 is 0. The molecule has 0 saturated heterocycles. The minimum atomic E-state index is -0.864. The highest BCUT2D eigenvalue weighted by Gasteiger charge is 2.25. The number of carbonyl (C=O) groups is 4. The fourth-order valence-electron chi connectivity index (χ4n) is 4.25. The Balaban J connectivity index is 1.50. The van der Waals surface area contributed by atoms with Gasteiger partial charge in [-0.05, 0) is 68.7 Å². The second kappa shape index (κ2) is 9.91. The van der Waals surface area contributed by atoms with Crippen LogP contribution in [0.5, 0.6) is 0 Å². The summed E-state index contributed by atoms with van der Waals surface area (Å²) in [6.07, 6.45) is 2.17. The monoisotopic (exact) mass is 486 g/mol. The molecule has 2 aromatic carbocycles. The maximum absolute atomic E-state index is 12.7. The number of imide groups is 1. The lowest BCUT2D eigenvalue weighted by molar-refractivity contribution is -0.137. The molecule has 0 aliphatic carbocycles. The molecule has 0 unspecified atom stereocenters. The minimum absolute atomic E-state index is 0.0266. The van der Waals surface area contributed by atoms with Crippen molar-refractivity contribution in [3.8, 4) is 0 Å². The molecule has 0 fully saturated rings. The maximum Gasteiger partial charge on any atom is 0.326 e. The highest BCUT2D eigenvalue weighted by molar-refractivity contribution is 6.35. The molecule has 184 valence electrons. The third-order valence-corrected chi connectivity index (χ3v) is 6.08. The van der Waals surface area contributed by atoms with Crippen LogP contribution in [0.15, 0.2) is 42.5 Å². The van der Waals surface area contributed by atoms with Crippen molar-refractivity contribution in [2.45, 2.75) is 33.6 Å². The summed E-state index contributed by atoms with van der Waals surface area (Å²) in [5, 5.41) is 16.7. The van der Waals surface area contributed by atoms with E-state index in [1.165, 1.54) is 0 Å². The fourth-order valence-corrected chi connectivity index (χ4v) is 4.25. The van der Waals surface area contributed by atoms with Gasteiger partial charge in [-0.3, -0.25) is 19.7 Å². The zero-order chi connectivity index (χ0) is 26.0. The number of H-pyrrole nitrogens is 1. The van der Waals surface area contributed by atoms with Gasteiger partial charge in [0.2, 0.25) is 0 Å². The van der Waals surface area contributed by atoms with E-state index in [-0.39, 0.29) is 12.3 Å². The predicted molar refractivity (Wildman–Crippen MR) is 137 cm³/mol. The Bertz CT molecular complexity index is 1430. The van der Waals surface area contributed by atoms with Gasteiger partial charge in [0.25, 0.3) is 11.8 Å². The first kappa shape index (κ1) is 24.5. The molecule has 1 aliphatic rings. The molecule has 4 amide bonds. The van der Waals surface area contributed by atoms with E-state index in [0.29, 0.717) is 34.5 Å². The quantitative estimate of drug-likeness (QED) is 0.328. The van der Waals surface area contributed by atoms with Crippen LogP contribution in [0.1, 0.15) is 50.4 Å². The number of hydrogen-bond donors (Lipinski definition) is 5. The number of urea groups is 1. The number of carbonyl (C=O) groups excluding carboxylic acids is 3. The molecule has 36 heavy (non-hydrogen) atoms. The van der Waals surface area contributed by atoms with Crippen LogP contribution in [0, 0.1) is 20.8 Å². The second-order valence-corrected chi connectivity index (χ2v) is 8.71. The number of carboxylic acids is 1. The van der Waals surface area contributed by atoms with Crippen LogP contribution in [0.2, 0.25) is 0 Å². The molecule has 9 heteroatoms. The zero-order valence-electron chi connectivity index (χ0n) is 20.1. The van der Waals surface area contributed by atoms with E-state index in [4.69, 9.17) is 5.11 Å². The van der Waals surface area contributed by atoms with Crippen LogP contribution < -0.4 is 16.0 Å². The number of amides is 4. The predicted octanol–water partition coefficient (Wildman–Crippen LogP) is 4.41. The van der Waals surface area contributed by atoms with E-state index >= 15 is 0 Å². The molecule has 9 nitrogen and oxygen atoms in total. The molecule has 0 atom stereocenters. The maximum atomic E-state index is 12.7. The molecule has 0 radical (unpaired) electrons. The summed E-state index contributed by atoms with van der Waals surface area (Å²) in [5.74, 6) is -1.67. The Morgan fingerprint density at radius 2 is 1.83 bits per heavy atom. The van der Waals surface area contributed by atoms with E-state index in [1.807, 2.05) is 26.8 Å². The highest BCUT2D eigenvalue weighted by Crippen LogP contribution is 2.36. The van der Waals surface area contributed by atoms with Crippen molar-refractivity contribution in [3.05, 3.63) is 81.7 Å². The van der Waals surface area contributed by atoms with Gasteiger partial charge in [-0.1, -0.05) is 23.8 Å². The molecule has 5 N–H and O–H groups in total. The van der Waals surface area contributed by atoms with Gasteiger partial charge in [0.15, 0.2) is 0 Å². The minimum Gasteiger partial charge on any atom is -0.481 e. The molecule has 4 rings (SSSR count). The van der Waals surface area contributed by atoms with Gasteiger partial charge >= 0.3 is 12.0 Å². The number of aliphatic carboxylic acids is 1. The van der Waals surface area contributed by atoms with Crippen molar-refractivity contribution in [2.75, 3.05) is 10.6 Å². The number of nitrogens with one attached hydrogen (secondary N) is 4. The molecule has 0 bridgehead atoms. The van der Waals surface area contributed by atoms with Crippen LogP contribution in [-0.2, 0) is 16.0 Å². The number of benzene rings is 2. The van der Waals surface area contributed by atoms with Gasteiger partial charge in [0.1, 0.15) is 0 Å². The molecule has 0 saturated carbocycles. The fraction of sp³-hybridized carbons (Fsp3) is 0.185. The SMILES string of the molecule is Cc1cccc(C(=O)NC(=O)Nc2ccc3c(c2)NC(=O)/C3=C\c2[nH]c(C)c(CCC(=O)O)c2C)c1. The van der Waals surface area contributed by atoms with E-state index in [0.717, 1.165) is 28.1 Å². The Morgan fingerprint density at radius 1 is 1.06 bits per heavy atom. The van der Waals surface area contributed by atoms with Crippen LogP contribution in [0.25, 0.3) is 11.6 Å². The number of aryl methyl sites for hydroxylation is 2. The zero-order valence-corrected chi connectivity index (χ0v) is 20.1. The van der Waals surface area contributed by atoms with Crippen LogP contribution in [0.4, 0.5) is 16.2 Å². The van der Waals surface area contributed by atoms with Gasteiger partial charge in [-0.15, -0.1) is 0 Å². The van der Waals surface area contributed by atoms with E-state index in [9.17, 15) is 19.2 Å². The number of fused-ring (bicyclic) bond motifs is 1. The Kier molecular flexibility index (Phi) is 6.73. The molecule has 2 heterocycles. The first-order chi connectivity index (χ1) is 17.1. The van der Waals surface area contributed by atoms with Crippen LogP contribution in [0.3, 0.4) is 0 Å². The lowest BCUT2D eigenvalue weighted by Crippen LogP contribution is -2.34. The van der Waals surface area contributed by atoms with Gasteiger partial charge < -0.3 is 20.7 Å². The van der Waals surface area contributed by atoms with E-state index in [1.54, 1.807) is 42.5 Å². The van der Waals surface area contributed by atoms with Gasteiger partial charge in [-0.25, -0.2) is 4.79 Å². The second-order valence-electron chi connectivity index (χ2n) is 8.71. The number of hydrogen-bond acceptors (Lipinski definition) is 4. The normalized spacial score (nSPS) is 13.3.